The topological polar surface area (TPSA) is 28.2 Å². The van der Waals surface area contributed by atoms with Crippen LogP contribution in [0.15, 0.2) is 48.6 Å². The van der Waals surface area contributed by atoms with Crippen LogP contribution in [-0.4, -0.2) is 16.5 Å². The molecule has 0 aromatic heterocycles. The average Bonchev–Trinajstić information content (AvgIpc) is 3.05. The Morgan fingerprint density at radius 2 is 0.818 bits per heavy atom. The summed E-state index contributed by atoms with van der Waals surface area (Å²) in [5.74, 6) is 0. The van der Waals surface area contributed by atoms with Gasteiger partial charge in [-0.1, -0.05) is 104 Å². The van der Waals surface area contributed by atoms with Crippen molar-refractivity contribution in [3.63, 3.8) is 0 Å². The predicted octanol–water partition coefficient (Wildman–Crippen LogP) is 6.60. The Morgan fingerprint density at radius 3 is 0.955 bits per heavy atom. The zero-order chi connectivity index (χ0) is 16.2. The third-order valence-corrected chi connectivity index (χ3v) is 6.78. The first-order chi connectivity index (χ1) is 9.71. The van der Waals surface area contributed by atoms with Crippen LogP contribution in [0.1, 0.15) is 0 Å². The first kappa shape index (κ1) is 24.6. The fraction of sp³-hybridized carbons (Fsp3) is 0.375. The van der Waals surface area contributed by atoms with Crippen molar-refractivity contribution in [3.05, 3.63) is 70.2 Å². The van der Waals surface area contributed by atoms with Crippen molar-refractivity contribution in [3.8, 4) is 0 Å². The van der Waals surface area contributed by atoms with E-state index in [4.69, 9.17) is 0 Å². The molecule has 2 nitrogen and oxygen atoms in total. The number of hydrogen-bond acceptors (Lipinski definition) is 1. The fourth-order valence-corrected chi connectivity index (χ4v) is 3.40. The Hall–Kier alpha value is 0.378. The molecule has 0 heterocycles. The minimum atomic E-state index is -1.24. The monoisotopic (exact) mass is 384 g/mol. The molecule has 0 amide bonds. The van der Waals surface area contributed by atoms with Gasteiger partial charge in [-0.25, -0.2) is 0 Å². The van der Waals surface area contributed by atoms with Crippen molar-refractivity contribution in [1.82, 2.24) is 0 Å². The van der Waals surface area contributed by atoms with Crippen molar-refractivity contribution in [2.75, 3.05) is 0 Å². The maximum Gasteiger partial charge on any atom is 2.00 e. The van der Waals surface area contributed by atoms with Crippen molar-refractivity contribution < 1.29 is 21.7 Å². The molecule has 0 fully saturated rings. The molecule has 6 heteroatoms. The summed E-state index contributed by atoms with van der Waals surface area (Å²) in [6.07, 6.45) is 20.0. The second-order valence-corrected chi connectivity index (χ2v) is 16.8. The largest absolute Gasteiger partial charge is 2.00 e. The number of nitrogens with zero attached hydrogens (tertiary/aromatic N) is 2. The Bertz CT molecular complexity index is 325. The van der Waals surface area contributed by atoms with E-state index < -0.39 is 16.5 Å². The SMILES string of the molecule is C[Si](C)(C)[N-]S[N-][Si](C)(C)C.[CH]1C=CC=C1.[CH]1C=CC=C1.[Ti+2]. The van der Waals surface area contributed by atoms with Crippen molar-refractivity contribution >= 4 is 28.6 Å². The van der Waals surface area contributed by atoms with Gasteiger partial charge in [0.2, 0.25) is 0 Å². The Kier molecular flexibility index (Phi) is 15.4. The first-order valence-electron chi connectivity index (χ1n) is 7.15. The fourth-order valence-electron chi connectivity index (χ4n) is 0.907. The molecule has 0 N–H and O–H groups in total. The summed E-state index contributed by atoms with van der Waals surface area (Å²) in [6, 6.07) is 0. The van der Waals surface area contributed by atoms with E-state index in [0.717, 1.165) is 0 Å². The van der Waals surface area contributed by atoms with Gasteiger partial charge in [-0.05, 0) is 0 Å². The predicted molar refractivity (Wildman–Crippen MR) is 106 cm³/mol. The molecule has 2 aliphatic rings. The second kappa shape index (κ2) is 13.8. The summed E-state index contributed by atoms with van der Waals surface area (Å²) in [5.41, 5.74) is 0. The van der Waals surface area contributed by atoms with Crippen LogP contribution < -0.4 is 0 Å². The van der Waals surface area contributed by atoms with Crippen molar-refractivity contribution in [2.24, 2.45) is 0 Å². The van der Waals surface area contributed by atoms with Crippen molar-refractivity contribution in [1.29, 1.82) is 0 Å². The maximum absolute atomic E-state index is 4.47. The molecule has 0 aromatic carbocycles. The molecular weight excluding hydrogens is 356 g/mol. The van der Waals surface area contributed by atoms with Crippen LogP contribution in [0, 0.1) is 12.8 Å². The van der Waals surface area contributed by atoms with E-state index in [1.54, 1.807) is 0 Å². The Morgan fingerprint density at radius 1 is 0.545 bits per heavy atom. The zero-order valence-electron chi connectivity index (χ0n) is 14.6. The molecule has 0 saturated carbocycles. The van der Waals surface area contributed by atoms with Gasteiger partial charge in [0, 0.05) is 12.8 Å². The van der Waals surface area contributed by atoms with Gasteiger partial charge in [0.15, 0.2) is 0 Å². The average molecular weight is 385 g/mol. The normalized spacial score (nSPS) is 14.8. The molecule has 120 valence electrons. The quantitative estimate of drug-likeness (QED) is 0.396. The molecule has 2 aliphatic carbocycles. The summed E-state index contributed by atoms with van der Waals surface area (Å²) in [5, 5.41) is 0. The molecule has 0 unspecified atom stereocenters. The van der Waals surface area contributed by atoms with Gasteiger partial charge >= 0.3 is 21.7 Å². The third-order valence-electron chi connectivity index (χ3n) is 1.74. The molecule has 0 atom stereocenters. The molecular formula is C16H28N2SSi2Ti. The van der Waals surface area contributed by atoms with Gasteiger partial charge in [-0.2, -0.15) is 0 Å². The first-order valence-corrected chi connectivity index (χ1v) is 14.8. The smallest absolute Gasteiger partial charge is 0.628 e. The number of allylic oxidation sites excluding steroid dienone is 8. The van der Waals surface area contributed by atoms with E-state index in [9.17, 15) is 0 Å². The van der Waals surface area contributed by atoms with Gasteiger partial charge < -0.3 is 20.9 Å². The zero-order valence-corrected chi connectivity index (χ0v) is 19.0. The van der Waals surface area contributed by atoms with E-state index in [2.05, 4.69) is 48.1 Å². The number of hydrogen-bond donors (Lipinski definition) is 0. The summed E-state index contributed by atoms with van der Waals surface area (Å²) in [7, 11) is -2.48. The Labute approximate surface area is 159 Å². The van der Waals surface area contributed by atoms with E-state index in [-0.39, 0.29) is 21.7 Å². The van der Waals surface area contributed by atoms with E-state index in [1.165, 1.54) is 12.1 Å². The summed E-state index contributed by atoms with van der Waals surface area (Å²) in [4.78, 5) is 0. The van der Waals surface area contributed by atoms with E-state index >= 15 is 0 Å². The van der Waals surface area contributed by atoms with Crippen LogP contribution in [0.2, 0.25) is 39.3 Å². The van der Waals surface area contributed by atoms with Gasteiger partial charge in [-0.3, -0.25) is 0 Å². The maximum atomic E-state index is 4.47. The van der Waals surface area contributed by atoms with Crippen LogP contribution in [0.5, 0.6) is 0 Å². The van der Waals surface area contributed by atoms with Crippen LogP contribution in [0.4, 0.5) is 0 Å². The minimum Gasteiger partial charge on any atom is -0.628 e. The van der Waals surface area contributed by atoms with E-state index in [1.807, 2.05) is 61.4 Å². The third kappa shape index (κ3) is 22.7. The molecule has 0 bridgehead atoms. The molecule has 22 heavy (non-hydrogen) atoms. The van der Waals surface area contributed by atoms with Crippen LogP contribution >= 0.6 is 12.1 Å². The second-order valence-electron chi connectivity index (χ2n) is 6.53. The van der Waals surface area contributed by atoms with Crippen LogP contribution in [-0.2, 0) is 21.7 Å². The minimum absolute atomic E-state index is 0. The van der Waals surface area contributed by atoms with Gasteiger partial charge in [0.1, 0.15) is 0 Å². The van der Waals surface area contributed by atoms with Crippen molar-refractivity contribution in [2.45, 2.75) is 39.3 Å². The molecule has 0 spiro atoms. The Balaban J connectivity index is 0. The summed E-state index contributed by atoms with van der Waals surface area (Å²) < 4.78 is 8.93. The molecule has 0 saturated heterocycles. The van der Waals surface area contributed by atoms with Crippen LogP contribution in [0.3, 0.4) is 0 Å². The van der Waals surface area contributed by atoms with E-state index in [0.29, 0.717) is 0 Å². The molecule has 0 aromatic rings. The molecule has 0 aliphatic heterocycles. The summed E-state index contributed by atoms with van der Waals surface area (Å²) >= 11 is 1.44. The van der Waals surface area contributed by atoms with Gasteiger partial charge in [0.05, 0.1) is 0 Å². The summed E-state index contributed by atoms with van der Waals surface area (Å²) in [6.45, 7) is 13.3. The number of rotatable bonds is 4. The van der Waals surface area contributed by atoms with Gasteiger partial charge in [-0.15, -0.1) is 0 Å². The molecule has 2 radical (unpaired) electrons. The molecule has 2 rings (SSSR count). The van der Waals surface area contributed by atoms with Gasteiger partial charge in [0.25, 0.3) is 0 Å². The standard InChI is InChI=1S/C6H18N2SSi2.2C5H5.Ti/c1-10(2,3)7-9-8-11(4,5)6;2*1-2-4-5-3-1;/h1-6H3;2*1-5H;/q-2;;;+2. The van der Waals surface area contributed by atoms with Crippen LogP contribution in [0.25, 0.3) is 8.78 Å².